The Kier molecular flexibility index (Phi) is 5.82. The molecule has 2 aliphatic rings. The average molecular weight is 455 g/mol. The number of ether oxygens (including phenoxy) is 2. The molecule has 2 aromatic heterocycles. The maximum atomic E-state index is 13.1. The Balaban J connectivity index is 1.27. The van der Waals surface area contributed by atoms with Crippen molar-refractivity contribution in [3.05, 3.63) is 41.9 Å². The monoisotopic (exact) mass is 454 g/mol. The number of amides is 1. The molecule has 3 aromatic rings. The first-order chi connectivity index (χ1) is 15.6. The van der Waals surface area contributed by atoms with E-state index < -0.39 is 0 Å². The molecule has 0 bridgehead atoms. The first-order valence-corrected chi connectivity index (χ1v) is 11.9. The van der Waals surface area contributed by atoms with Crippen LogP contribution in [0.2, 0.25) is 0 Å². The Morgan fingerprint density at radius 1 is 1.16 bits per heavy atom. The lowest BCUT2D eigenvalue weighted by molar-refractivity contribution is -0.129. The van der Waals surface area contributed by atoms with E-state index in [0.29, 0.717) is 24.1 Å². The van der Waals surface area contributed by atoms with Gasteiger partial charge >= 0.3 is 0 Å². The van der Waals surface area contributed by atoms with Crippen LogP contribution in [0.3, 0.4) is 0 Å². The molecule has 0 radical (unpaired) electrons. The summed E-state index contributed by atoms with van der Waals surface area (Å²) < 4.78 is 18.9. The molecular formula is C23H26N4O4S. The standard InChI is InChI=1S/C23H26N4O4S/c1-15-17(8-12-29-15)22-24-25-23(26(22)2)32-14-21(28)27-9-3-5-18(27)16-6-7-19-20(13-16)31-11-4-10-30-19/h6-8,12-13,18H,3-5,9-11,14H2,1-2H3. The summed E-state index contributed by atoms with van der Waals surface area (Å²) in [6.45, 7) is 3.98. The number of fused-ring (bicyclic) bond motifs is 1. The molecule has 8 nitrogen and oxygen atoms in total. The van der Waals surface area contributed by atoms with Crippen LogP contribution in [0.25, 0.3) is 11.4 Å². The molecule has 2 aliphatic heterocycles. The summed E-state index contributed by atoms with van der Waals surface area (Å²) in [5.74, 6) is 3.50. The van der Waals surface area contributed by atoms with Gasteiger partial charge in [0.15, 0.2) is 22.5 Å². The number of thioether (sulfide) groups is 1. The number of nitrogens with zero attached hydrogens (tertiary/aromatic N) is 4. The highest BCUT2D eigenvalue weighted by molar-refractivity contribution is 7.99. The molecule has 9 heteroatoms. The Morgan fingerprint density at radius 3 is 2.81 bits per heavy atom. The van der Waals surface area contributed by atoms with E-state index in [0.717, 1.165) is 60.0 Å². The number of furan rings is 1. The normalized spacial score (nSPS) is 18.1. The third kappa shape index (κ3) is 3.97. The Bertz CT molecular complexity index is 1130. The van der Waals surface area contributed by atoms with E-state index in [1.807, 2.05) is 41.6 Å². The SMILES string of the molecule is Cc1occc1-c1nnc(SCC(=O)N2CCCC2c2ccc3c(c2)OCCCO3)n1C. The zero-order valence-electron chi connectivity index (χ0n) is 18.2. The Labute approximate surface area is 190 Å². The van der Waals surface area contributed by atoms with Crippen molar-refractivity contribution in [2.24, 2.45) is 7.05 Å². The molecular weight excluding hydrogens is 428 g/mol. The molecule has 1 fully saturated rings. The summed E-state index contributed by atoms with van der Waals surface area (Å²) in [7, 11) is 1.91. The number of rotatable bonds is 5. The highest BCUT2D eigenvalue weighted by Gasteiger charge is 2.31. The first-order valence-electron chi connectivity index (χ1n) is 10.9. The number of likely N-dealkylation sites (tertiary alicyclic amines) is 1. The molecule has 1 unspecified atom stereocenters. The van der Waals surface area contributed by atoms with Crippen molar-refractivity contribution in [3.63, 3.8) is 0 Å². The van der Waals surface area contributed by atoms with E-state index in [1.54, 1.807) is 6.26 Å². The van der Waals surface area contributed by atoms with Gasteiger partial charge in [0.05, 0.1) is 36.8 Å². The van der Waals surface area contributed by atoms with Gasteiger partial charge in [-0.2, -0.15) is 0 Å². The predicted molar refractivity (Wildman–Crippen MR) is 120 cm³/mol. The van der Waals surface area contributed by atoms with E-state index in [9.17, 15) is 4.79 Å². The molecule has 1 saturated heterocycles. The second-order valence-corrected chi connectivity index (χ2v) is 8.99. The molecule has 1 amide bonds. The minimum Gasteiger partial charge on any atom is -0.490 e. The number of aryl methyl sites for hydroxylation is 1. The topological polar surface area (TPSA) is 82.6 Å². The average Bonchev–Trinajstić information content (AvgIpc) is 3.49. The number of aromatic nitrogens is 3. The minimum atomic E-state index is 0.0592. The third-order valence-corrected chi connectivity index (χ3v) is 6.99. The van der Waals surface area contributed by atoms with Gasteiger partial charge in [-0.15, -0.1) is 10.2 Å². The van der Waals surface area contributed by atoms with Gasteiger partial charge in [0, 0.05) is 20.0 Å². The lowest BCUT2D eigenvalue weighted by Crippen LogP contribution is -2.32. The van der Waals surface area contributed by atoms with Crippen LogP contribution in [0.5, 0.6) is 11.5 Å². The molecule has 4 heterocycles. The summed E-state index contributed by atoms with van der Waals surface area (Å²) in [5.41, 5.74) is 2.01. The van der Waals surface area contributed by atoms with Gasteiger partial charge in [0.1, 0.15) is 5.76 Å². The summed E-state index contributed by atoms with van der Waals surface area (Å²) in [5, 5.41) is 9.27. The van der Waals surface area contributed by atoms with Gasteiger partial charge in [0.25, 0.3) is 0 Å². The maximum absolute atomic E-state index is 13.1. The van der Waals surface area contributed by atoms with Gasteiger partial charge in [-0.1, -0.05) is 17.8 Å². The lowest BCUT2D eigenvalue weighted by atomic mass is 10.0. The maximum Gasteiger partial charge on any atom is 0.233 e. The molecule has 0 spiro atoms. The fourth-order valence-electron chi connectivity index (χ4n) is 4.30. The fourth-order valence-corrected chi connectivity index (χ4v) is 5.10. The van der Waals surface area contributed by atoms with Crippen LogP contribution in [0.4, 0.5) is 0 Å². The van der Waals surface area contributed by atoms with Crippen LogP contribution >= 0.6 is 11.8 Å². The summed E-state index contributed by atoms with van der Waals surface area (Å²) >= 11 is 1.41. The summed E-state index contributed by atoms with van der Waals surface area (Å²) in [6, 6.07) is 7.99. The molecule has 0 N–H and O–H groups in total. The van der Waals surface area contributed by atoms with Crippen molar-refractivity contribution in [1.29, 1.82) is 0 Å². The number of hydrogen-bond donors (Lipinski definition) is 0. The van der Waals surface area contributed by atoms with E-state index in [4.69, 9.17) is 13.9 Å². The van der Waals surface area contributed by atoms with Gasteiger partial charge in [0.2, 0.25) is 5.91 Å². The summed E-state index contributed by atoms with van der Waals surface area (Å²) in [4.78, 5) is 15.1. The second-order valence-electron chi connectivity index (χ2n) is 8.05. The van der Waals surface area contributed by atoms with Crippen molar-refractivity contribution in [2.45, 2.75) is 37.4 Å². The predicted octanol–water partition coefficient (Wildman–Crippen LogP) is 4.00. The van der Waals surface area contributed by atoms with Gasteiger partial charge in [-0.05, 0) is 43.5 Å². The van der Waals surface area contributed by atoms with Crippen molar-refractivity contribution in [1.82, 2.24) is 19.7 Å². The first kappa shape index (κ1) is 20.9. The Morgan fingerprint density at radius 2 is 2.00 bits per heavy atom. The molecule has 0 saturated carbocycles. The quantitative estimate of drug-likeness (QED) is 0.539. The largest absolute Gasteiger partial charge is 0.490 e. The molecule has 1 aromatic carbocycles. The molecule has 32 heavy (non-hydrogen) atoms. The van der Waals surface area contributed by atoms with Crippen molar-refractivity contribution < 1.29 is 18.7 Å². The van der Waals surface area contributed by atoms with Crippen molar-refractivity contribution in [3.8, 4) is 22.9 Å². The smallest absolute Gasteiger partial charge is 0.233 e. The lowest BCUT2D eigenvalue weighted by Gasteiger charge is -2.25. The van der Waals surface area contributed by atoms with Crippen LogP contribution in [0, 0.1) is 6.92 Å². The van der Waals surface area contributed by atoms with E-state index >= 15 is 0 Å². The second kappa shape index (κ2) is 8.90. The highest BCUT2D eigenvalue weighted by atomic mass is 32.2. The van der Waals surface area contributed by atoms with Gasteiger partial charge in [-0.3, -0.25) is 4.79 Å². The number of hydrogen-bond acceptors (Lipinski definition) is 7. The van der Waals surface area contributed by atoms with Crippen LogP contribution in [-0.4, -0.2) is 51.1 Å². The van der Waals surface area contributed by atoms with E-state index in [1.165, 1.54) is 11.8 Å². The van der Waals surface area contributed by atoms with Crippen LogP contribution in [-0.2, 0) is 11.8 Å². The summed E-state index contributed by atoms with van der Waals surface area (Å²) in [6.07, 6.45) is 4.45. The fraction of sp³-hybridized carbons (Fsp3) is 0.435. The zero-order chi connectivity index (χ0) is 22.1. The van der Waals surface area contributed by atoms with E-state index in [2.05, 4.69) is 16.3 Å². The van der Waals surface area contributed by atoms with Crippen LogP contribution in [0.1, 0.15) is 36.6 Å². The number of carbonyl (C=O) groups excluding carboxylic acids is 1. The van der Waals surface area contributed by atoms with E-state index in [-0.39, 0.29) is 11.9 Å². The van der Waals surface area contributed by atoms with Crippen LogP contribution in [0.15, 0.2) is 40.1 Å². The number of benzene rings is 1. The molecule has 0 aliphatic carbocycles. The van der Waals surface area contributed by atoms with Crippen molar-refractivity contribution in [2.75, 3.05) is 25.5 Å². The highest BCUT2D eigenvalue weighted by Crippen LogP contribution is 2.38. The molecule has 1 atom stereocenters. The van der Waals surface area contributed by atoms with Gasteiger partial charge < -0.3 is 23.4 Å². The minimum absolute atomic E-state index is 0.0592. The van der Waals surface area contributed by atoms with Crippen LogP contribution < -0.4 is 9.47 Å². The molecule has 168 valence electrons. The van der Waals surface area contributed by atoms with Gasteiger partial charge in [-0.25, -0.2) is 0 Å². The Hall–Kier alpha value is -2.94. The number of carbonyl (C=O) groups is 1. The molecule has 5 rings (SSSR count). The third-order valence-electron chi connectivity index (χ3n) is 5.99. The zero-order valence-corrected chi connectivity index (χ0v) is 19.1. The van der Waals surface area contributed by atoms with Crippen molar-refractivity contribution >= 4 is 17.7 Å².